The fraction of sp³-hybridized carbons (Fsp3) is 0.583. The summed E-state index contributed by atoms with van der Waals surface area (Å²) in [6, 6.07) is 5.64. The molecule has 6 atom stereocenters. The molecule has 2 heterocycles. The van der Waals surface area contributed by atoms with Crippen LogP contribution in [-0.2, 0) is 44.0 Å². The summed E-state index contributed by atoms with van der Waals surface area (Å²) in [4.78, 5) is 38.5. The number of carbonyl (C=O) groups excluding carboxylic acids is 3. The topological polar surface area (TPSA) is 116 Å². The third-order valence-electron chi connectivity index (χ3n) is 7.63. The van der Waals surface area contributed by atoms with Gasteiger partial charge < -0.3 is 14.2 Å². The minimum absolute atomic E-state index is 0.0371. The number of rotatable bonds is 5. The molecule has 0 radical (unpaired) electrons. The number of esters is 3. The second-order valence-electron chi connectivity index (χ2n) is 10.2. The highest BCUT2D eigenvalue weighted by atomic mass is 32.2. The van der Waals surface area contributed by atoms with Crippen LogP contribution in [0.1, 0.15) is 25.8 Å². The van der Waals surface area contributed by atoms with Crippen LogP contribution in [0.15, 0.2) is 24.3 Å². The standard InChI is InChI=1S/C24H27FNO8S/c1-24(2,13-3-5-14(25)6-4-13)34-23(29)19-16-11-15-18(19)22(28)33-21(15)20(16)32-17(27)12-26-7-9-35(30,31)10-8-26/h3-6,12,15-16,18-21H,7-11H2,1-2H3/q+1. The van der Waals surface area contributed by atoms with Gasteiger partial charge in [-0.1, -0.05) is 12.1 Å². The van der Waals surface area contributed by atoms with Crippen molar-refractivity contribution in [1.82, 2.24) is 0 Å². The van der Waals surface area contributed by atoms with Crippen molar-refractivity contribution in [2.24, 2.45) is 23.7 Å². The van der Waals surface area contributed by atoms with Crippen LogP contribution in [0.4, 0.5) is 4.39 Å². The van der Waals surface area contributed by atoms with Gasteiger partial charge in [-0.3, -0.25) is 9.59 Å². The van der Waals surface area contributed by atoms with E-state index in [2.05, 4.69) is 0 Å². The van der Waals surface area contributed by atoms with Crippen molar-refractivity contribution in [3.63, 3.8) is 0 Å². The van der Waals surface area contributed by atoms with Crippen LogP contribution in [0.5, 0.6) is 0 Å². The van der Waals surface area contributed by atoms with E-state index in [1.165, 1.54) is 30.5 Å². The van der Waals surface area contributed by atoms with Crippen molar-refractivity contribution in [3.8, 4) is 0 Å². The van der Waals surface area contributed by atoms with Gasteiger partial charge in [0.25, 0.3) is 0 Å². The Morgan fingerprint density at radius 1 is 1.14 bits per heavy atom. The molecular weight excluding hydrogens is 481 g/mol. The van der Waals surface area contributed by atoms with Gasteiger partial charge in [-0.2, -0.15) is 0 Å². The summed E-state index contributed by atoms with van der Waals surface area (Å²) in [6.45, 7) is 3.77. The monoisotopic (exact) mass is 508 g/mol. The van der Waals surface area contributed by atoms with Crippen LogP contribution >= 0.6 is 0 Å². The predicted octanol–water partition coefficient (Wildman–Crippen LogP) is 0.835. The molecule has 2 saturated carbocycles. The van der Waals surface area contributed by atoms with Gasteiger partial charge in [0, 0.05) is 11.8 Å². The Labute approximate surface area is 202 Å². The minimum atomic E-state index is -3.09. The van der Waals surface area contributed by atoms with Crippen LogP contribution in [0.25, 0.3) is 0 Å². The lowest BCUT2D eigenvalue weighted by Crippen LogP contribution is -2.45. The molecule has 0 spiro atoms. The molecule has 1 aromatic carbocycles. The first-order valence-corrected chi connectivity index (χ1v) is 13.5. The smallest absolute Gasteiger partial charge is 0.395 e. The summed E-state index contributed by atoms with van der Waals surface area (Å²) in [7, 11) is -3.09. The summed E-state index contributed by atoms with van der Waals surface area (Å²) in [5.41, 5.74) is -0.466. The third kappa shape index (κ3) is 4.34. The molecule has 4 fully saturated rings. The molecule has 2 aliphatic heterocycles. The zero-order valence-corrected chi connectivity index (χ0v) is 20.2. The zero-order chi connectivity index (χ0) is 25.1. The number of nitrogens with zero attached hydrogens (tertiary/aromatic N) is 1. The summed E-state index contributed by atoms with van der Waals surface area (Å²) in [5.74, 6) is -4.36. The van der Waals surface area contributed by atoms with Crippen LogP contribution in [0.2, 0.25) is 0 Å². The lowest BCUT2D eigenvalue weighted by atomic mass is 9.78. The Hall–Kier alpha value is -2.82. The molecule has 5 rings (SSSR count). The zero-order valence-electron chi connectivity index (χ0n) is 19.4. The fourth-order valence-corrected chi connectivity index (χ4v) is 7.10. The van der Waals surface area contributed by atoms with Crippen LogP contribution in [0, 0.1) is 29.5 Å². The Morgan fingerprint density at radius 2 is 1.80 bits per heavy atom. The lowest BCUT2D eigenvalue weighted by molar-refractivity contribution is -0.516. The Morgan fingerprint density at radius 3 is 2.46 bits per heavy atom. The van der Waals surface area contributed by atoms with E-state index in [0.29, 0.717) is 12.0 Å². The fourth-order valence-electron chi connectivity index (χ4n) is 5.87. The molecule has 9 nitrogen and oxygen atoms in total. The van der Waals surface area contributed by atoms with Gasteiger partial charge in [0.2, 0.25) is 6.21 Å². The van der Waals surface area contributed by atoms with E-state index in [4.69, 9.17) is 14.2 Å². The molecule has 11 heteroatoms. The van der Waals surface area contributed by atoms with Crippen LogP contribution in [0.3, 0.4) is 0 Å². The number of hydrogen-bond acceptors (Lipinski definition) is 8. The van der Waals surface area contributed by atoms with Crippen LogP contribution in [-0.4, -0.2) is 73.9 Å². The first-order chi connectivity index (χ1) is 16.4. The average molecular weight is 509 g/mol. The maximum Gasteiger partial charge on any atom is 0.395 e. The molecule has 2 bridgehead atoms. The highest BCUT2D eigenvalue weighted by Crippen LogP contribution is 2.59. The number of halogens is 1. The van der Waals surface area contributed by atoms with E-state index in [9.17, 15) is 27.2 Å². The molecule has 0 amide bonds. The second kappa shape index (κ2) is 8.39. The van der Waals surface area contributed by atoms with E-state index >= 15 is 0 Å². The predicted molar refractivity (Wildman–Crippen MR) is 119 cm³/mol. The number of benzene rings is 1. The number of carbonyl (C=O) groups is 3. The summed E-state index contributed by atoms with van der Waals surface area (Å²) >= 11 is 0. The van der Waals surface area contributed by atoms with E-state index in [1.807, 2.05) is 0 Å². The van der Waals surface area contributed by atoms with Gasteiger partial charge in [-0.15, -0.1) is 0 Å². The quantitative estimate of drug-likeness (QED) is 0.326. The molecule has 1 aromatic rings. The average Bonchev–Trinajstić information content (AvgIpc) is 3.39. The van der Waals surface area contributed by atoms with E-state index in [0.717, 1.165) is 0 Å². The maximum absolute atomic E-state index is 13.3. The van der Waals surface area contributed by atoms with Crippen molar-refractivity contribution in [2.75, 3.05) is 24.6 Å². The van der Waals surface area contributed by atoms with Crippen molar-refractivity contribution < 1.29 is 46.0 Å². The summed E-state index contributed by atoms with van der Waals surface area (Å²) < 4.78 is 55.1. The molecule has 6 unspecified atom stereocenters. The summed E-state index contributed by atoms with van der Waals surface area (Å²) in [5, 5.41) is 0. The van der Waals surface area contributed by atoms with E-state index < -0.39 is 69.1 Å². The third-order valence-corrected chi connectivity index (χ3v) is 9.24. The minimum Gasteiger partial charge on any atom is -0.458 e. The number of hydrogen-bond donors (Lipinski definition) is 0. The van der Waals surface area contributed by atoms with Gasteiger partial charge in [0.15, 0.2) is 22.9 Å². The maximum atomic E-state index is 13.3. The normalized spacial score (nSPS) is 32.8. The highest BCUT2D eigenvalue weighted by molar-refractivity contribution is 7.91. The molecule has 0 aromatic heterocycles. The molecular formula is C24H27FNO8S+. The van der Waals surface area contributed by atoms with Crippen LogP contribution < -0.4 is 0 Å². The van der Waals surface area contributed by atoms with Crippen molar-refractivity contribution in [2.45, 2.75) is 38.1 Å². The first-order valence-electron chi connectivity index (χ1n) is 11.6. The van der Waals surface area contributed by atoms with Crippen molar-refractivity contribution in [3.05, 3.63) is 35.6 Å². The Kier molecular flexibility index (Phi) is 5.73. The number of ether oxygens (including phenoxy) is 3. The highest BCUT2D eigenvalue weighted by Gasteiger charge is 2.70. The molecule has 2 saturated heterocycles. The molecule has 35 heavy (non-hydrogen) atoms. The SMILES string of the molecule is CC(C)(OC(=O)C1C2CC3C(OC(=O)C31)C2OC(=O)C=[N+]1CCS(=O)(=O)CC1)c1ccc(F)cc1. The van der Waals surface area contributed by atoms with Gasteiger partial charge in [-0.25, -0.2) is 22.2 Å². The van der Waals surface area contributed by atoms with Gasteiger partial charge in [0.05, 0.1) is 11.8 Å². The van der Waals surface area contributed by atoms with Crippen molar-refractivity contribution >= 4 is 34.0 Å². The number of sulfone groups is 1. The number of fused-ring (bicyclic) bond motifs is 1. The first kappa shape index (κ1) is 23.9. The molecule has 4 aliphatic rings. The molecule has 0 N–H and O–H groups in total. The largest absolute Gasteiger partial charge is 0.458 e. The van der Waals surface area contributed by atoms with Gasteiger partial charge in [-0.05, 0) is 38.0 Å². The molecule has 2 aliphatic carbocycles. The molecule has 188 valence electrons. The van der Waals surface area contributed by atoms with Crippen molar-refractivity contribution in [1.29, 1.82) is 0 Å². The van der Waals surface area contributed by atoms with Gasteiger partial charge in [0.1, 0.15) is 35.1 Å². The Balaban J connectivity index is 1.31. The Bertz CT molecular complexity index is 1190. The van der Waals surface area contributed by atoms with E-state index in [-0.39, 0.29) is 30.5 Å². The lowest BCUT2D eigenvalue weighted by Gasteiger charge is -2.33. The summed E-state index contributed by atoms with van der Waals surface area (Å²) in [6.07, 6.45) is 0.342. The van der Waals surface area contributed by atoms with E-state index in [1.54, 1.807) is 18.4 Å². The van der Waals surface area contributed by atoms with Gasteiger partial charge >= 0.3 is 17.9 Å². The second-order valence-corrected chi connectivity index (χ2v) is 12.5.